The van der Waals surface area contributed by atoms with Crippen molar-refractivity contribution < 1.29 is 19.2 Å². The Labute approximate surface area is 142 Å². The van der Waals surface area contributed by atoms with Crippen molar-refractivity contribution >= 4 is 16.7 Å². The van der Waals surface area contributed by atoms with E-state index in [4.69, 9.17) is 9.15 Å². The number of nitro benzene ring substituents is 1. The molecule has 0 aliphatic heterocycles. The summed E-state index contributed by atoms with van der Waals surface area (Å²) in [6, 6.07) is 10.4. The molecule has 0 spiro atoms. The van der Waals surface area contributed by atoms with Crippen molar-refractivity contribution in [1.82, 2.24) is 0 Å². The van der Waals surface area contributed by atoms with Crippen LogP contribution in [0.1, 0.15) is 18.1 Å². The Bertz CT molecular complexity index is 1010. The number of aryl methyl sites for hydroxylation is 1. The van der Waals surface area contributed by atoms with E-state index in [9.17, 15) is 20.0 Å². The molecule has 0 bridgehead atoms. The van der Waals surface area contributed by atoms with Gasteiger partial charge in [-0.25, -0.2) is 4.79 Å². The summed E-state index contributed by atoms with van der Waals surface area (Å²) in [6.45, 7) is 1.85. The number of hydrogen-bond donors (Lipinski definition) is 1. The Morgan fingerprint density at radius 1 is 1.20 bits per heavy atom. The Morgan fingerprint density at radius 3 is 2.68 bits per heavy atom. The van der Waals surface area contributed by atoms with E-state index in [2.05, 4.69) is 0 Å². The number of aromatic hydroxyl groups is 1. The normalized spacial score (nSPS) is 10.8. The quantitative estimate of drug-likeness (QED) is 0.432. The number of ether oxygens (including phenoxy) is 1. The highest BCUT2D eigenvalue weighted by atomic mass is 16.6. The van der Waals surface area contributed by atoms with Gasteiger partial charge >= 0.3 is 11.3 Å². The van der Waals surface area contributed by atoms with Crippen LogP contribution in [0, 0.1) is 10.1 Å². The van der Waals surface area contributed by atoms with Crippen molar-refractivity contribution in [1.29, 1.82) is 0 Å². The summed E-state index contributed by atoms with van der Waals surface area (Å²) in [5.41, 5.74) is 0.731. The lowest BCUT2D eigenvalue weighted by Gasteiger charge is -2.10. The summed E-state index contributed by atoms with van der Waals surface area (Å²) in [6.07, 6.45) is 0.603. The number of phenolic OH excluding ortho intramolecular Hbond substituents is 1. The highest BCUT2D eigenvalue weighted by Gasteiger charge is 2.15. The van der Waals surface area contributed by atoms with Crippen LogP contribution in [0.5, 0.6) is 11.5 Å². The van der Waals surface area contributed by atoms with Gasteiger partial charge in [0.15, 0.2) is 5.75 Å². The zero-order valence-electron chi connectivity index (χ0n) is 13.4. The van der Waals surface area contributed by atoms with Crippen LogP contribution in [0.25, 0.3) is 11.0 Å². The maximum Gasteiger partial charge on any atom is 0.336 e. The molecule has 1 N–H and O–H groups in total. The molecule has 0 saturated carbocycles. The minimum absolute atomic E-state index is 0.0408. The van der Waals surface area contributed by atoms with Gasteiger partial charge in [0.2, 0.25) is 0 Å². The second-order valence-electron chi connectivity index (χ2n) is 5.43. The third kappa shape index (κ3) is 3.30. The fraction of sp³-hybridized carbons (Fsp3) is 0.167. The van der Waals surface area contributed by atoms with Gasteiger partial charge in [0.1, 0.15) is 17.9 Å². The predicted octanol–water partition coefficient (Wildman–Crippen LogP) is 3.55. The first-order valence-electron chi connectivity index (χ1n) is 7.64. The van der Waals surface area contributed by atoms with Gasteiger partial charge < -0.3 is 14.3 Å². The summed E-state index contributed by atoms with van der Waals surface area (Å²) in [5.74, 6) is 0.165. The second kappa shape index (κ2) is 6.64. The smallest absolute Gasteiger partial charge is 0.336 e. The van der Waals surface area contributed by atoms with Crippen LogP contribution in [0.3, 0.4) is 0 Å². The van der Waals surface area contributed by atoms with Crippen molar-refractivity contribution in [3.8, 4) is 11.5 Å². The number of nitro groups is 1. The molecule has 0 radical (unpaired) electrons. The Morgan fingerprint density at radius 2 is 1.96 bits per heavy atom. The predicted molar refractivity (Wildman–Crippen MR) is 91.0 cm³/mol. The molecule has 3 aromatic rings. The minimum Gasteiger partial charge on any atom is -0.508 e. The van der Waals surface area contributed by atoms with Crippen molar-refractivity contribution in [3.05, 3.63) is 74.1 Å². The lowest BCUT2D eigenvalue weighted by atomic mass is 10.0. The lowest BCUT2D eigenvalue weighted by Crippen LogP contribution is -2.05. The molecule has 0 unspecified atom stereocenters. The second-order valence-corrected chi connectivity index (χ2v) is 5.43. The molecule has 1 aromatic heterocycles. The molecule has 2 aromatic carbocycles. The van der Waals surface area contributed by atoms with Gasteiger partial charge in [-0.15, -0.1) is 0 Å². The van der Waals surface area contributed by atoms with Gasteiger partial charge in [0.05, 0.1) is 4.92 Å². The highest BCUT2D eigenvalue weighted by Crippen LogP contribution is 2.30. The van der Waals surface area contributed by atoms with E-state index in [-0.39, 0.29) is 29.4 Å². The number of nitrogens with zero attached hydrogens (tertiary/aromatic N) is 1. The average molecular weight is 341 g/mol. The van der Waals surface area contributed by atoms with Crippen molar-refractivity contribution in [3.63, 3.8) is 0 Å². The van der Waals surface area contributed by atoms with Crippen molar-refractivity contribution in [2.75, 3.05) is 0 Å². The molecule has 0 amide bonds. The standard InChI is InChI=1S/C18H15NO6/c1-2-11-7-13-12(8-18(21)25-17(13)9-15(11)20)10-24-16-6-4-3-5-14(16)19(22)23/h3-9,20H,2,10H2,1H3. The summed E-state index contributed by atoms with van der Waals surface area (Å²) in [4.78, 5) is 22.3. The molecule has 3 rings (SSSR count). The van der Waals surface area contributed by atoms with Crippen molar-refractivity contribution in [2.24, 2.45) is 0 Å². The summed E-state index contributed by atoms with van der Waals surface area (Å²) >= 11 is 0. The number of fused-ring (bicyclic) bond motifs is 1. The average Bonchev–Trinajstić information content (AvgIpc) is 2.59. The SMILES string of the molecule is CCc1cc2c(COc3ccccc3[N+](=O)[O-])cc(=O)oc2cc1O. The molecular weight excluding hydrogens is 326 g/mol. The number of hydrogen-bond acceptors (Lipinski definition) is 6. The van der Waals surface area contributed by atoms with Gasteiger partial charge in [0, 0.05) is 29.1 Å². The van der Waals surface area contributed by atoms with Crippen LogP contribution in [-0.2, 0) is 13.0 Å². The molecular formula is C18H15NO6. The highest BCUT2D eigenvalue weighted by molar-refractivity contribution is 5.82. The Balaban J connectivity index is 2.02. The van der Waals surface area contributed by atoms with Gasteiger partial charge in [-0.2, -0.15) is 0 Å². The van der Waals surface area contributed by atoms with Gasteiger partial charge in [-0.1, -0.05) is 19.1 Å². The van der Waals surface area contributed by atoms with Crippen LogP contribution >= 0.6 is 0 Å². The lowest BCUT2D eigenvalue weighted by molar-refractivity contribution is -0.385. The molecule has 0 atom stereocenters. The molecule has 0 aliphatic rings. The maximum absolute atomic E-state index is 11.7. The van der Waals surface area contributed by atoms with Gasteiger partial charge in [-0.3, -0.25) is 10.1 Å². The summed E-state index contributed by atoms with van der Waals surface area (Å²) in [7, 11) is 0. The van der Waals surface area contributed by atoms with Gasteiger partial charge in [-0.05, 0) is 24.1 Å². The number of para-hydroxylation sites is 2. The molecule has 7 heteroatoms. The fourth-order valence-corrected chi connectivity index (χ4v) is 2.60. The van der Waals surface area contributed by atoms with E-state index >= 15 is 0 Å². The molecule has 128 valence electrons. The monoisotopic (exact) mass is 341 g/mol. The topological polar surface area (TPSA) is 103 Å². The van der Waals surface area contributed by atoms with E-state index < -0.39 is 10.5 Å². The van der Waals surface area contributed by atoms with E-state index in [1.807, 2.05) is 6.92 Å². The molecule has 0 saturated heterocycles. The number of benzene rings is 2. The summed E-state index contributed by atoms with van der Waals surface area (Å²) in [5, 5.41) is 21.6. The van der Waals surface area contributed by atoms with Crippen LogP contribution in [0.15, 0.2) is 51.7 Å². The van der Waals surface area contributed by atoms with E-state index in [0.717, 1.165) is 0 Å². The molecule has 0 aliphatic carbocycles. The summed E-state index contributed by atoms with van der Waals surface area (Å²) < 4.78 is 10.7. The van der Waals surface area contributed by atoms with Crippen LogP contribution in [0.2, 0.25) is 0 Å². The molecule has 7 nitrogen and oxygen atoms in total. The third-order valence-electron chi connectivity index (χ3n) is 3.86. The first-order chi connectivity index (χ1) is 12.0. The Hall–Kier alpha value is -3.35. The molecule has 25 heavy (non-hydrogen) atoms. The fourth-order valence-electron chi connectivity index (χ4n) is 2.60. The van der Waals surface area contributed by atoms with Gasteiger partial charge in [0.25, 0.3) is 0 Å². The Kier molecular flexibility index (Phi) is 4.38. The largest absolute Gasteiger partial charge is 0.508 e. The minimum atomic E-state index is -0.586. The first-order valence-corrected chi connectivity index (χ1v) is 7.64. The molecule has 1 heterocycles. The first kappa shape index (κ1) is 16.5. The van der Waals surface area contributed by atoms with Crippen molar-refractivity contribution in [2.45, 2.75) is 20.0 Å². The maximum atomic E-state index is 11.7. The van der Waals surface area contributed by atoms with Crippen LogP contribution < -0.4 is 10.4 Å². The third-order valence-corrected chi connectivity index (χ3v) is 3.86. The van der Waals surface area contributed by atoms with Crippen LogP contribution in [-0.4, -0.2) is 10.0 Å². The van der Waals surface area contributed by atoms with E-state index in [0.29, 0.717) is 22.9 Å². The van der Waals surface area contributed by atoms with E-state index in [1.165, 1.54) is 24.3 Å². The van der Waals surface area contributed by atoms with Crippen LogP contribution in [0.4, 0.5) is 5.69 Å². The zero-order valence-corrected chi connectivity index (χ0v) is 13.4. The number of phenols is 1. The molecule has 0 fully saturated rings. The van der Waals surface area contributed by atoms with E-state index in [1.54, 1.807) is 18.2 Å². The zero-order chi connectivity index (χ0) is 18.0. The number of rotatable bonds is 5.